The molecule has 3 aromatic rings. The molecule has 1 amide bonds. The minimum atomic E-state index is -0.202. The smallest absolute Gasteiger partial charge is 0.221 e. The lowest BCUT2D eigenvalue weighted by atomic mass is 10.4. The first kappa shape index (κ1) is 15.1. The fraction of sp³-hybridized carbons (Fsp3) is 0.0625. The Kier molecular flexibility index (Phi) is 4.29. The highest BCUT2D eigenvalue weighted by Crippen LogP contribution is 2.37. The molecule has 0 aliphatic carbocycles. The summed E-state index contributed by atoms with van der Waals surface area (Å²) in [6.45, 7) is 1.44. The average Bonchev–Trinajstić information content (AvgIpc) is 2.85. The van der Waals surface area contributed by atoms with Crippen LogP contribution in [-0.4, -0.2) is 20.7 Å². The molecule has 3 N–H and O–H groups in total. The number of carbonyl (C=O) groups is 1. The van der Waals surface area contributed by atoms with Gasteiger partial charge in [0.05, 0.1) is 0 Å². The first-order chi connectivity index (χ1) is 11.1. The Morgan fingerprint density at radius 3 is 2.57 bits per heavy atom. The SMILES string of the molecule is CC(=O)Nc1c(Sc2ccccc2)nn(-c2ccccn2)c1N. The van der Waals surface area contributed by atoms with Crippen LogP contribution in [0.1, 0.15) is 6.92 Å². The normalized spacial score (nSPS) is 10.5. The fourth-order valence-electron chi connectivity index (χ4n) is 2.03. The number of carbonyl (C=O) groups excluding carboxylic acids is 1. The van der Waals surface area contributed by atoms with Crippen molar-refractivity contribution in [3.05, 3.63) is 54.7 Å². The first-order valence-corrected chi connectivity index (χ1v) is 7.77. The van der Waals surface area contributed by atoms with Crippen molar-refractivity contribution in [3.8, 4) is 5.82 Å². The Morgan fingerprint density at radius 2 is 1.91 bits per heavy atom. The molecule has 7 heteroatoms. The van der Waals surface area contributed by atoms with Crippen LogP contribution in [0.5, 0.6) is 0 Å². The van der Waals surface area contributed by atoms with Gasteiger partial charge in [-0.2, -0.15) is 9.78 Å². The third kappa shape index (κ3) is 3.35. The van der Waals surface area contributed by atoms with E-state index in [1.807, 2.05) is 42.5 Å². The van der Waals surface area contributed by atoms with Gasteiger partial charge in [0, 0.05) is 18.0 Å². The molecule has 0 aliphatic rings. The van der Waals surface area contributed by atoms with Crippen molar-refractivity contribution in [2.24, 2.45) is 0 Å². The molecule has 0 atom stereocenters. The first-order valence-electron chi connectivity index (χ1n) is 6.95. The molecule has 0 radical (unpaired) electrons. The molecule has 0 saturated heterocycles. The summed E-state index contributed by atoms with van der Waals surface area (Å²) in [6, 6.07) is 15.2. The van der Waals surface area contributed by atoms with Gasteiger partial charge in [0.25, 0.3) is 0 Å². The summed E-state index contributed by atoms with van der Waals surface area (Å²) < 4.78 is 1.52. The third-order valence-electron chi connectivity index (χ3n) is 3.01. The monoisotopic (exact) mass is 325 g/mol. The van der Waals surface area contributed by atoms with Crippen molar-refractivity contribution in [2.75, 3.05) is 11.1 Å². The number of aromatic nitrogens is 3. The minimum absolute atomic E-state index is 0.202. The quantitative estimate of drug-likeness (QED) is 0.770. The predicted molar refractivity (Wildman–Crippen MR) is 90.6 cm³/mol. The number of nitrogens with two attached hydrogens (primary N) is 1. The van der Waals surface area contributed by atoms with Crippen LogP contribution in [0.15, 0.2) is 64.6 Å². The second-order valence-electron chi connectivity index (χ2n) is 4.76. The van der Waals surface area contributed by atoms with Gasteiger partial charge in [-0.05, 0) is 24.3 Å². The van der Waals surface area contributed by atoms with E-state index in [0.717, 1.165) is 4.90 Å². The number of nitrogens with zero attached hydrogens (tertiary/aromatic N) is 3. The number of hydrogen-bond acceptors (Lipinski definition) is 5. The molecule has 0 spiro atoms. The number of anilines is 2. The molecule has 1 aromatic carbocycles. The van der Waals surface area contributed by atoms with Gasteiger partial charge < -0.3 is 11.1 Å². The molecule has 23 heavy (non-hydrogen) atoms. The summed E-state index contributed by atoms with van der Waals surface area (Å²) in [6.07, 6.45) is 1.67. The van der Waals surface area contributed by atoms with E-state index in [1.165, 1.54) is 23.4 Å². The zero-order chi connectivity index (χ0) is 16.2. The van der Waals surface area contributed by atoms with Crippen LogP contribution in [0, 0.1) is 0 Å². The number of amides is 1. The highest BCUT2D eigenvalue weighted by molar-refractivity contribution is 7.99. The molecule has 0 saturated carbocycles. The molecule has 2 aromatic heterocycles. The molecular formula is C16H15N5OS. The Labute approximate surface area is 137 Å². The highest BCUT2D eigenvalue weighted by Gasteiger charge is 2.19. The molecule has 2 heterocycles. The van der Waals surface area contributed by atoms with Crippen molar-refractivity contribution in [3.63, 3.8) is 0 Å². The van der Waals surface area contributed by atoms with Gasteiger partial charge in [-0.15, -0.1) is 0 Å². The molecule has 0 aliphatic heterocycles. The molecule has 0 bridgehead atoms. The maximum absolute atomic E-state index is 11.5. The van der Waals surface area contributed by atoms with Gasteiger partial charge >= 0.3 is 0 Å². The lowest BCUT2D eigenvalue weighted by Gasteiger charge is -2.04. The molecule has 0 unspecified atom stereocenters. The van der Waals surface area contributed by atoms with Crippen LogP contribution in [0.4, 0.5) is 11.5 Å². The van der Waals surface area contributed by atoms with Crippen molar-refractivity contribution < 1.29 is 4.79 Å². The van der Waals surface area contributed by atoms with Crippen LogP contribution >= 0.6 is 11.8 Å². The number of rotatable bonds is 4. The Bertz CT molecular complexity index is 817. The van der Waals surface area contributed by atoms with E-state index in [2.05, 4.69) is 15.4 Å². The van der Waals surface area contributed by atoms with Gasteiger partial charge in [-0.1, -0.05) is 36.0 Å². The summed E-state index contributed by atoms with van der Waals surface area (Å²) in [5.74, 6) is 0.737. The van der Waals surface area contributed by atoms with Crippen LogP contribution in [0.25, 0.3) is 5.82 Å². The summed E-state index contributed by atoms with van der Waals surface area (Å²) in [5, 5.41) is 7.88. The van der Waals surface area contributed by atoms with Crippen LogP contribution in [0.3, 0.4) is 0 Å². The summed E-state index contributed by atoms with van der Waals surface area (Å²) in [5.41, 5.74) is 6.67. The maximum atomic E-state index is 11.5. The van der Waals surface area contributed by atoms with Crippen LogP contribution in [0.2, 0.25) is 0 Å². The predicted octanol–water partition coefficient (Wildman–Crippen LogP) is 2.96. The molecule has 116 valence electrons. The van der Waals surface area contributed by atoms with E-state index in [0.29, 0.717) is 22.3 Å². The lowest BCUT2D eigenvalue weighted by molar-refractivity contribution is -0.114. The molecule has 0 fully saturated rings. The van der Waals surface area contributed by atoms with Gasteiger partial charge in [-0.25, -0.2) is 4.98 Å². The number of hydrogen-bond donors (Lipinski definition) is 2. The van der Waals surface area contributed by atoms with Crippen LogP contribution < -0.4 is 11.1 Å². The van der Waals surface area contributed by atoms with Crippen molar-refractivity contribution in [2.45, 2.75) is 16.8 Å². The molecular weight excluding hydrogens is 310 g/mol. The minimum Gasteiger partial charge on any atom is -0.382 e. The fourth-order valence-corrected chi connectivity index (χ4v) is 2.93. The Balaban J connectivity index is 2.05. The number of nitrogen functional groups attached to an aromatic ring is 1. The van der Waals surface area contributed by atoms with Gasteiger partial charge in [0.15, 0.2) is 11.6 Å². The van der Waals surface area contributed by atoms with E-state index >= 15 is 0 Å². The van der Waals surface area contributed by atoms with E-state index in [1.54, 1.807) is 12.3 Å². The topological polar surface area (TPSA) is 85.8 Å². The largest absolute Gasteiger partial charge is 0.382 e. The van der Waals surface area contributed by atoms with Gasteiger partial charge in [-0.3, -0.25) is 4.79 Å². The number of pyridine rings is 1. The van der Waals surface area contributed by atoms with Gasteiger partial charge in [0.1, 0.15) is 10.7 Å². The van der Waals surface area contributed by atoms with E-state index in [-0.39, 0.29) is 5.91 Å². The van der Waals surface area contributed by atoms with Crippen molar-refractivity contribution >= 4 is 29.2 Å². The average molecular weight is 325 g/mol. The van der Waals surface area contributed by atoms with Crippen molar-refractivity contribution in [1.82, 2.24) is 14.8 Å². The second-order valence-corrected chi connectivity index (χ2v) is 5.82. The zero-order valence-electron chi connectivity index (χ0n) is 12.4. The highest BCUT2D eigenvalue weighted by atomic mass is 32.2. The lowest BCUT2D eigenvalue weighted by Crippen LogP contribution is -2.09. The van der Waals surface area contributed by atoms with E-state index in [9.17, 15) is 4.79 Å². The Hall–Kier alpha value is -2.80. The molecule has 6 nitrogen and oxygen atoms in total. The third-order valence-corrected chi connectivity index (χ3v) is 4.00. The summed E-state index contributed by atoms with van der Waals surface area (Å²) in [4.78, 5) is 16.7. The van der Waals surface area contributed by atoms with E-state index in [4.69, 9.17) is 5.73 Å². The Morgan fingerprint density at radius 1 is 1.17 bits per heavy atom. The zero-order valence-corrected chi connectivity index (χ0v) is 13.2. The van der Waals surface area contributed by atoms with Crippen LogP contribution in [-0.2, 0) is 4.79 Å². The summed E-state index contributed by atoms with van der Waals surface area (Å²) >= 11 is 1.43. The molecule has 3 rings (SSSR count). The maximum Gasteiger partial charge on any atom is 0.221 e. The standard InChI is InChI=1S/C16H15N5OS/c1-11(22)19-14-15(17)21(13-9-5-6-10-18-13)20-16(14)23-12-7-3-2-4-8-12/h2-10H,17H2,1H3,(H,19,22). The number of benzene rings is 1. The number of nitrogens with one attached hydrogen (secondary N) is 1. The van der Waals surface area contributed by atoms with Gasteiger partial charge in [0.2, 0.25) is 5.91 Å². The van der Waals surface area contributed by atoms with Crippen molar-refractivity contribution in [1.29, 1.82) is 0 Å². The summed E-state index contributed by atoms with van der Waals surface area (Å²) in [7, 11) is 0. The van der Waals surface area contributed by atoms with E-state index < -0.39 is 0 Å². The second kappa shape index (κ2) is 6.53.